The molecule has 1 aromatic heterocycles. The van der Waals surface area contributed by atoms with Crippen molar-refractivity contribution in [3.05, 3.63) is 107 Å². The molecule has 0 radical (unpaired) electrons. The number of rotatable bonds is 9. The molecule has 5 aromatic rings. The second kappa shape index (κ2) is 12.0. The van der Waals surface area contributed by atoms with Crippen LogP contribution >= 0.6 is 0 Å². The molecule has 1 amide bonds. The Hall–Kier alpha value is -5.19. The van der Waals surface area contributed by atoms with Crippen LogP contribution in [0.15, 0.2) is 84.9 Å². The summed E-state index contributed by atoms with van der Waals surface area (Å²) in [5.74, 6) is -1.61. The molecule has 5 rings (SSSR count). The standard InChI is InChI=1S/C32H25F4N3O4/c1-43-25-10-8-21-14-23(7-6-22(21)15-25)29-17-28(26-16-24(32(34,35)36)9-11-27(26)33)38-39(29)18-19-2-4-20(5-3-19)31(42)37-13-12-30(40)41/h2-11,14-17H,12-13,18H2,1H3,(H,37,42)(H,40,41). The second-order valence-electron chi connectivity index (χ2n) is 9.79. The minimum absolute atomic E-state index is 0.0139. The Labute approximate surface area is 243 Å². The summed E-state index contributed by atoms with van der Waals surface area (Å²) in [5, 5.41) is 17.6. The highest BCUT2D eigenvalue weighted by atomic mass is 19.4. The predicted molar refractivity (Wildman–Crippen MR) is 152 cm³/mol. The molecule has 0 aliphatic heterocycles. The third kappa shape index (κ3) is 6.66. The molecule has 1 heterocycles. The van der Waals surface area contributed by atoms with E-state index in [0.717, 1.165) is 22.9 Å². The SMILES string of the molecule is COc1ccc2cc(-c3cc(-c4cc(C(F)(F)F)ccc4F)nn3Cc3ccc(C(=O)NCCC(=O)O)cc3)ccc2c1. The fraction of sp³-hybridized carbons (Fsp3) is 0.156. The van der Waals surface area contributed by atoms with E-state index in [1.165, 1.54) is 0 Å². The first kappa shape index (κ1) is 29.3. The molecule has 0 bridgehead atoms. The number of benzene rings is 4. The average Bonchev–Trinajstić information content (AvgIpc) is 3.39. The summed E-state index contributed by atoms with van der Waals surface area (Å²) in [5.41, 5.74) is 1.05. The highest BCUT2D eigenvalue weighted by Crippen LogP contribution is 2.35. The zero-order chi connectivity index (χ0) is 30.7. The number of aliphatic carboxylic acids is 1. The number of alkyl halides is 3. The number of methoxy groups -OCH3 is 1. The van der Waals surface area contributed by atoms with Crippen molar-refractivity contribution in [2.45, 2.75) is 19.1 Å². The van der Waals surface area contributed by atoms with Crippen LogP contribution in [0.2, 0.25) is 0 Å². The molecule has 0 spiro atoms. The lowest BCUT2D eigenvalue weighted by atomic mass is 10.0. The van der Waals surface area contributed by atoms with Crippen LogP contribution in [-0.4, -0.2) is 40.4 Å². The Kier molecular flexibility index (Phi) is 8.16. The fourth-order valence-corrected chi connectivity index (χ4v) is 4.63. The minimum atomic E-state index is -4.66. The van der Waals surface area contributed by atoms with Crippen LogP contribution in [0.4, 0.5) is 17.6 Å². The summed E-state index contributed by atoms with van der Waals surface area (Å²) in [6.07, 6.45) is -4.86. The van der Waals surface area contributed by atoms with Crippen molar-refractivity contribution in [3.8, 4) is 28.3 Å². The van der Waals surface area contributed by atoms with Crippen LogP contribution in [0, 0.1) is 5.82 Å². The molecule has 0 fully saturated rings. The van der Waals surface area contributed by atoms with Gasteiger partial charge in [0.15, 0.2) is 0 Å². The number of ether oxygens (including phenoxy) is 1. The van der Waals surface area contributed by atoms with Crippen LogP contribution in [-0.2, 0) is 17.5 Å². The van der Waals surface area contributed by atoms with E-state index in [1.807, 2.05) is 36.4 Å². The van der Waals surface area contributed by atoms with Gasteiger partial charge in [-0.3, -0.25) is 14.3 Å². The number of aromatic nitrogens is 2. The van der Waals surface area contributed by atoms with Gasteiger partial charge in [0.05, 0.1) is 37.0 Å². The van der Waals surface area contributed by atoms with Crippen molar-refractivity contribution in [1.29, 1.82) is 0 Å². The van der Waals surface area contributed by atoms with Gasteiger partial charge in [-0.2, -0.15) is 18.3 Å². The maximum absolute atomic E-state index is 14.8. The van der Waals surface area contributed by atoms with Crippen LogP contribution in [0.3, 0.4) is 0 Å². The summed E-state index contributed by atoms with van der Waals surface area (Å²) < 4.78 is 62.0. The average molecular weight is 592 g/mol. The third-order valence-corrected chi connectivity index (χ3v) is 6.87. The van der Waals surface area contributed by atoms with Gasteiger partial charge < -0.3 is 15.2 Å². The third-order valence-electron chi connectivity index (χ3n) is 6.87. The van der Waals surface area contributed by atoms with Crippen LogP contribution in [0.5, 0.6) is 5.75 Å². The summed E-state index contributed by atoms with van der Waals surface area (Å²) in [4.78, 5) is 23.0. The maximum atomic E-state index is 14.8. The normalized spacial score (nSPS) is 11.5. The molecular formula is C32H25F4N3O4. The molecule has 7 nitrogen and oxygen atoms in total. The van der Waals surface area contributed by atoms with E-state index in [2.05, 4.69) is 10.4 Å². The number of carboxylic acid groups (broad SMARTS) is 1. The van der Waals surface area contributed by atoms with Crippen molar-refractivity contribution in [3.63, 3.8) is 0 Å². The van der Waals surface area contributed by atoms with Gasteiger partial charge in [-0.05, 0) is 70.9 Å². The van der Waals surface area contributed by atoms with E-state index in [4.69, 9.17) is 9.84 Å². The molecular weight excluding hydrogens is 566 g/mol. The number of carbonyl (C=O) groups excluding carboxylic acids is 1. The van der Waals surface area contributed by atoms with Gasteiger partial charge in [0.25, 0.3) is 5.91 Å². The lowest BCUT2D eigenvalue weighted by Gasteiger charge is -2.10. The van der Waals surface area contributed by atoms with E-state index in [-0.39, 0.29) is 30.8 Å². The lowest BCUT2D eigenvalue weighted by Crippen LogP contribution is -2.25. The van der Waals surface area contributed by atoms with Crippen molar-refractivity contribution in [2.75, 3.05) is 13.7 Å². The lowest BCUT2D eigenvalue weighted by molar-refractivity contribution is -0.138. The zero-order valence-corrected chi connectivity index (χ0v) is 22.8. The molecule has 0 unspecified atom stereocenters. The number of hydrogen-bond donors (Lipinski definition) is 2. The Morgan fingerprint density at radius 3 is 2.35 bits per heavy atom. The Bertz CT molecular complexity index is 1810. The fourth-order valence-electron chi connectivity index (χ4n) is 4.63. The topological polar surface area (TPSA) is 93.5 Å². The predicted octanol–water partition coefficient (Wildman–Crippen LogP) is 6.79. The first-order chi connectivity index (χ1) is 20.5. The van der Waals surface area contributed by atoms with Crippen molar-refractivity contribution >= 4 is 22.6 Å². The Balaban J connectivity index is 1.52. The van der Waals surface area contributed by atoms with E-state index in [1.54, 1.807) is 42.1 Å². The van der Waals surface area contributed by atoms with Gasteiger partial charge in [-0.1, -0.05) is 30.3 Å². The summed E-state index contributed by atoms with van der Waals surface area (Å²) >= 11 is 0. The van der Waals surface area contributed by atoms with E-state index < -0.39 is 29.4 Å². The highest BCUT2D eigenvalue weighted by Gasteiger charge is 2.31. The highest BCUT2D eigenvalue weighted by molar-refractivity contribution is 5.94. The van der Waals surface area contributed by atoms with Crippen LogP contribution < -0.4 is 10.1 Å². The van der Waals surface area contributed by atoms with Gasteiger partial charge in [0.1, 0.15) is 11.6 Å². The summed E-state index contributed by atoms with van der Waals surface area (Å²) in [7, 11) is 1.57. The molecule has 11 heteroatoms. The monoisotopic (exact) mass is 591 g/mol. The smallest absolute Gasteiger partial charge is 0.416 e. The van der Waals surface area contributed by atoms with Gasteiger partial charge in [0.2, 0.25) is 0 Å². The number of nitrogens with zero attached hydrogens (tertiary/aromatic N) is 2. The van der Waals surface area contributed by atoms with E-state index in [9.17, 15) is 27.2 Å². The van der Waals surface area contributed by atoms with E-state index in [0.29, 0.717) is 34.2 Å². The molecule has 4 aromatic carbocycles. The number of fused-ring (bicyclic) bond motifs is 1. The minimum Gasteiger partial charge on any atom is -0.497 e. The molecule has 0 aliphatic carbocycles. The summed E-state index contributed by atoms with van der Waals surface area (Å²) in [6.45, 7) is 0.150. The number of carbonyl (C=O) groups is 2. The molecule has 0 saturated heterocycles. The summed E-state index contributed by atoms with van der Waals surface area (Å²) in [6, 6.07) is 21.5. The molecule has 220 valence electrons. The first-order valence-electron chi connectivity index (χ1n) is 13.1. The second-order valence-corrected chi connectivity index (χ2v) is 9.79. The van der Waals surface area contributed by atoms with Crippen molar-refractivity contribution in [1.82, 2.24) is 15.1 Å². The van der Waals surface area contributed by atoms with E-state index >= 15 is 0 Å². The number of amides is 1. The van der Waals surface area contributed by atoms with Gasteiger partial charge in [0, 0.05) is 23.2 Å². The first-order valence-corrected chi connectivity index (χ1v) is 13.1. The van der Waals surface area contributed by atoms with Crippen LogP contribution in [0.1, 0.15) is 27.9 Å². The zero-order valence-electron chi connectivity index (χ0n) is 22.8. The number of carboxylic acids is 1. The van der Waals surface area contributed by atoms with Gasteiger partial charge >= 0.3 is 12.1 Å². The Morgan fingerprint density at radius 1 is 0.930 bits per heavy atom. The van der Waals surface area contributed by atoms with Gasteiger partial charge in [-0.15, -0.1) is 0 Å². The molecule has 2 N–H and O–H groups in total. The molecule has 0 saturated carbocycles. The molecule has 0 atom stereocenters. The molecule has 43 heavy (non-hydrogen) atoms. The number of hydrogen-bond acceptors (Lipinski definition) is 4. The maximum Gasteiger partial charge on any atom is 0.416 e. The quantitative estimate of drug-likeness (QED) is 0.184. The van der Waals surface area contributed by atoms with Crippen molar-refractivity contribution in [2.24, 2.45) is 0 Å². The largest absolute Gasteiger partial charge is 0.497 e. The Morgan fingerprint density at radius 2 is 1.65 bits per heavy atom. The number of halogens is 4. The van der Waals surface area contributed by atoms with Crippen molar-refractivity contribution < 1.29 is 37.0 Å². The molecule has 0 aliphatic rings. The van der Waals surface area contributed by atoms with Crippen LogP contribution in [0.25, 0.3) is 33.3 Å². The van der Waals surface area contributed by atoms with Gasteiger partial charge in [-0.25, -0.2) is 4.39 Å². The number of nitrogens with one attached hydrogen (secondary N) is 1.